The lowest BCUT2D eigenvalue weighted by molar-refractivity contribution is -0.146. The maximum Gasteiger partial charge on any atom is 0.310 e. The normalized spacial score (nSPS) is 11.5. The molecular weight excluding hydrogens is 326 g/mol. The van der Waals surface area contributed by atoms with Crippen molar-refractivity contribution in [3.8, 4) is 11.5 Å². The number of rotatable bonds is 11. The zero-order chi connectivity index (χ0) is 18.7. The largest absolute Gasteiger partial charge is 0.493 e. The fraction of sp³-hybridized carbons (Fsp3) is 0.556. The average molecular weight is 353 g/mol. The van der Waals surface area contributed by atoms with Crippen molar-refractivity contribution in [2.75, 3.05) is 47.6 Å². The van der Waals surface area contributed by atoms with Crippen LogP contribution in [0.25, 0.3) is 0 Å². The molecule has 1 unspecified atom stereocenters. The lowest BCUT2D eigenvalue weighted by Crippen LogP contribution is -2.40. The molecule has 0 heterocycles. The number of benzene rings is 1. The van der Waals surface area contributed by atoms with Crippen molar-refractivity contribution in [1.82, 2.24) is 4.90 Å². The molecule has 25 heavy (non-hydrogen) atoms. The van der Waals surface area contributed by atoms with Gasteiger partial charge in [-0.3, -0.25) is 9.59 Å². The first kappa shape index (κ1) is 20.8. The van der Waals surface area contributed by atoms with Crippen LogP contribution in [0.2, 0.25) is 0 Å². The number of hydrogen-bond donors (Lipinski definition) is 0. The Morgan fingerprint density at radius 2 is 1.80 bits per heavy atom. The molecule has 0 bridgehead atoms. The van der Waals surface area contributed by atoms with Gasteiger partial charge in [-0.2, -0.15) is 0 Å². The van der Waals surface area contributed by atoms with Gasteiger partial charge in [0.1, 0.15) is 0 Å². The Hall–Kier alpha value is -2.28. The van der Waals surface area contributed by atoms with Crippen LogP contribution in [0.5, 0.6) is 11.5 Å². The molecule has 7 heteroatoms. The second-order valence-electron chi connectivity index (χ2n) is 5.55. The highest BCUT2D eigenvalue weighted by Crippen LogP contribution is 2.25. The van der Waals surface area contributed by atoms with Gasteiger partial charge in [-0.25, -0.2) is 0 Å². The molecular formula is C18H27NO6. The molecule has 0 saturated heterocycles. The Bertz CT molecular complexity index is 548. The average Bonchev–Trinajstić information content (AvgIpc) is 2.64. The molecule has 140 valence electrons. The summed E-state index contributed by atoms with van der Waals surface area (Å²) in [6.07, 6.45) is 0.671. The van der Waals surface area contributed by atoms with E-state index in [9.17, 15) is 9.59 Å². The lowest BCUT2D eigenvalue weighted by atomic mass is 10.1. The molecule has 0 aliphatic rings. The quantitative estimate of drug-likeness (QED) is 0.446. The van der Waals surface area contributed by atoms with Crippen molar-refractivity contribution >= 4 is 11.9 Å². The van der Waals surface area contributed by atoms with Gasteiger partial charge in [0.15, 0.2) is 18.1 Å². The molecule has 7 nitrogen and oxygen atoms in total. The minimum absolute atomic E-state index is 0.138. The van der Waals surface area contributed by atoms with E-state index in [-0.39, 0.29) is 25.0 Å². The van der Waals surface area contributed by atoms with Crippen LogP contribution in [0.4, 0.5) is 0 Å². The van der Waals surface area contributed by atoms with Gasteiger partial charge in [-0.05, 0) is 18.6 Å². The van der Waals surface area contributed by atoms with Gasteiger partial charge < -0.3 is 23.8 Å². The second-order valence-corrected chi connectivity index (χ2v) is 5.55. The van der Waals surface area contributed by atoms with Gasteiger partial charge in [-0.15, -0.1) is 0 Å². The number of amides is 1. The topological polar surface area (TPSA) is 74.3 Å². The van der Waals surface area contributed by atoms with E-state index >= 15 is 0 Å². The highest BCUT2D eigenvalue weighted by Gasteiger charge is 2.22. The number of nitrogens with zero attached hydrogens (tertiary/aromatic N) is 1. The number of para-hydroxylation sites is 2. The van der Waals surface area contributed by atoms with E-state index in [0.717, 1.165) is 0 Å². The van der Waals surface area contributed by atoms with E-state index in [1.807, 2.05) is 6.07 Å². The molecule has 0 radical (unpaired) electrons. The highest BCUT2D eigenvalue weighted by atomic mass is 16.5. The molecule has 0 spiro atoms. The van der Waals surface area contributed by atoms with Crippen LogP contribution < -0.4 is 9.47 Å². The summed E-state index contributed by atoms with van der Waals surface area (Å²) in [7, 11) is 4.48. The molecule has 0 aliphatic carbocycles. The number of esters is 1. The maximum atomic E-state index is 12.5. The Balaban J connectivity index is 2.68. The van der Waals surface area contributed by atoms with E-state index in [4.69, 9.17) is 18.9 Å². The first-order valence-electron chi connectivity index (χ1n) is 8.13. The zero-order valence-electron chi connectivity index (χ0n) is 15.3. The summed E-state index contributed by atoms with van der Waals surface area (Å²) in [6, 6.07) is 7.12. The molecule has 1 aromatic carbocycles. The van der Waals surface area contributed by atoms with Gasteiger partial charge in [-0.1, -0.05) is 19.1 Å². The number of ether oxygens (including phenoxy) is 4. The van der Waals surface area contributed by atoms with Crippen molar-refractivity contribution in [1.29, 1.82) is 0 Å². The summed E-state index contributed by atoms with van der Waals surface area (Å²) in [5.74, 6) is 0.0797. The molecule has 0 saturated carbocycles. The van der Waals surface area contributed by atoms with E-state index in [1.54, 1.807) is 44.2 Å². The van der Waals surface area contributed by atoms with Gasteiger partial charge in [0, 0.05) is 26.8 Å². The van der Waals surface area contributed by atoms with Crippen LogP contribution in [0.1, 0.15) is 13.3 Å². The van der Waals surface area contributed by atoms with Crippen LogP contribution in [-0.4, -0.2) is 64.4 Å². The maximum absolute atomic E-state index is 12.5. The molecule has 1 amide bonds. The van der Waals surface area contributed by atoms with Crippen molar-refractivity contribution < 1.29 is 28.5 Å². The summed E-state index contributed by atoms with van der Waals surface area (Å²) in [5.41, 5.74) is 0. The smallest absolute Gasteiger partial charge is 0.310 e. The first-order chi connectivity index (χ1) is 12.0. The van der Waals surface area contributed by atoms with E-state index in [2.05, 4.69) is 0 Å². The predicted octanol–water partition coefficient (Wildman–Crippen LogP) is 1.75. The van der Waals surface area contributed by atoms with E-state index in [1.165, 1.54) is 7.11 Å². The zero-order valence-corrected chi connectivity index (χ0v) is 15.3. The van der Waals surface area contributed by atoms with Crippen LogP contribution in [0.15, 0.2) is 24.3 Å². The SMILES string of the molecule is COCCCN(CC(C)C(=O)OC)C(=O)COc1ccccc1OC. The minimum atomic E-state index is -0.414. The van der Waals surface area contributed by atoms with Crippen molar-refractivity contribution in [2.45, 2.75) is 13.3 Å². The molecule has 1 rings (SSSR count). The van der Waals surface area contributed by atoms with Crippen LogP contribution in [-0.2, 0) is 19.1 Å². The van der Waals surface area contributed by atoms with Crippen molar-refractivity contribution in [2.24, 2.45) is 5.92 Å². The van der Waals surface area contributed by atoms with Crippen molar-refractivity contribution in [3.05, 3.63) is 24.3 Å². The monoisotopic (exact) mass is 353 g/mol. The van der Waals surface area contributed by atoms with Gasteiger partial charge in [0.25, 0.3) is 5.91 Å². The second kappa shape index (κ2) is 11.3. The summed E-state index contributed by atoms with van der Waals surface area (Å²) >= 11 is 0. The Morgan fingerprint density at radius 3 is 2.40 bits per heavy atom. The molecule has 0 N–H and O–H groups in total. The number of hydrogen-bond acceptors (Lipinski definition) is 6. The van der Waals surface area contributed by atoms with Gasteiger partial charge in [0.2, 0.25) is 0 Å². The first-order valence-corrected chi connectivity index (χ1v) is 8.13. The fourth-order valence-corrected chi connectivity index (χ4v) is 2.29. The van der Waals surface area contributed by atoms with Gasteiger partial charge in [0.05, 0.1) is 20.1 Å². The molecule has 0 fully saturated rings. The van der Waals surface area contributed by atoms with Crippen molar-refractivity contribution in [3.63, 3.8) is 0 Å². The summed E-state index contributed by atoms with van der Waals surface area (Å²) in [6.45, 7) is 2.86. The third-order valence-corrected chi connectivity index (χ3v) is 3.65. The van der Waals surface area contributed by atoms with Crippen LogP contribution in [0.3, 0.4) is 0 Å². The van der Waals surface area contributed by atoms with E-state index in [0.29, 0.717) is 31.1 Å². The number of methoxy groups -OCH3 is 3. The number of carbonyl (C=O) groups is 2. The Morgan fingerprint density at radius 1 is 1.12 bits per heavy atom. The highest BCUT2D eigenvalue weighted by molar-refractivity contribution is 5.79. The Labute approximate surface area is 148 Å². The molecule has 0 aromatic heterocycles. The number of carbonyl (C=O) groups excluding carboxylic acids is 2. The Kier molecular flexibility index (Phi) is 9.39. The standard InChI is InChI=1S/C18H27NO6/c1-14(18(21)24-4)12-19(10-7-11-22-2)17(20)13-25-16-9-6-5-8-15(16)23-3/h5-6,8-9,14H,7,10-13H2,1-4H3. The summed E-state index contributed by atoms with van der Waals surface area (Å²) in [5, 5.41) is 0. The van der Waals surface area contributed by atoms with Crippen LogP contribution >= 0.6 is 0 Å². The fourth-order valence-electron chi connectivity index (χ4n) is 2.29. The molecule has 1 aromatic rings. The molecule has 0 aliphatic heterocycles. The van der Waals surface area contributed by atoms with Gasteiger partial charge >= 0.3 is 5.97 Å². The third kappa shape index (κ3) is 7.01. The van der Waals surface area contributed by atoms with Crippen LogP contribution in [0, 0.1) is 5.92 Å². The summed E-state index contributed by atoms with van der Waals surface area (Å²) < 4.78 is 20.5. The minimum Gasteiger partial charge on any atom is -0.493 e. The lowest BCUT2D eigenvalue weighted by Gasteiger charge is -2.25. The van der Waals surface area contributed by atoms with E-state index < -0.39 is 5.92 Å². The predicted molar refractivity (Wildman–Crippen MR) is 92.7 cm³/mol. The summed E-state index contributed by atoms with van der Waals surface area (Å²) in [4.78, 5) is 25.7. The molecule has 1 atom stereocenters. The third-order valence-electron chi connectivity index (χ3n) is 3.65.